The molecular formula is C8H9NO2. The second-order valence-corrected chi connectivity index (χ2v) is 2.73. The van der Waals surface area contributed by atoms with Crippen molar-refractivity contribution in [3.63, 3.8) is 0 Å². The van der Waals surface area contributed by atoms with E-state index in [4.69, 9.17) is 10.2 Å². The third-order valence-electron chi connectivity index (χ3n) is 1.97. The Morgan fingerprint density at radius 2 is 1.91 bits per heavy atom. The SMILES string of the molecule is OC1=CC2C=CNC2C=C1O. The summed E-state index contributed by atoms with van der Waals surface area (Å²) in [6.45, 7) is 0. The van der Waals surface area contributed by atoms with Crippen LogP contribution in [0.15, 0.2) is 35.9 Å². The van der Waals surface area contributed by atoms with Gasteiger partial charge in [-0.2, -0.15) is 0 Å². The zero-order valence-corrected chi connectivity index (χ0v) is 5.86. The molecule has 1 aliphatic carbocycles. The molecule has 11 heavy (non-hydrogen) atoms. The highest BCUT2D eigenvalue weighted by Gasteiger charge is 2.24. The van der Waals surface area contributed by atoms with Gasteiger partial charge in [0.05, 0.1) is 6.04 Å². The standard InChI is InChI=1S/C8H9NO2/c10-7-3-5-1-2-9-6(5)4-8(7)11/h1-6,9-11H. The third kappa shape index (κ3) is 0.888. The fourth-order valence-corrected chi connectivity index (χ4v) is 1.35. The minimum atomic E-state index is -0.0394. The number of aliphatic hydroxyl groups is 2. The summed E-state index contributed by atoms with van der Waals surface area (Å²) < 4.78 is 0. The highest BCUT2D eigenvalue weighted by molar-refractivity contribution is 5.32. The van der Waals surface area contributed by atoms with Gasteiger partial charge in [-0.05, 0) is 18.4 Å². The number of nitrogens with one attached hydrogen (secondary N) is 1. The number of hydrogen-bond donors (Lipinski definition) is 3. The zero-order valence-electron chi connectivity index (χ0n) is 5.86. The molecule has 3 nitrogen and oxygen atoms in total. The molecule has 0 saturated carbocycles. The normalized spacial score (nSPS) is 33.8. The molecule has 1 heterocycles. The lowest BCUT2D eigenvalue weighted by molar-refractivity contribution is 0.311. The quantitative estimate of drug-likeness (QED) is 0.484. The van der Waals surface area contributed by atoms with Gasteiger partial charge in [-0.25, -0.2) is 0 Å². The minimum absolute atomic E-state index is 0.0281. The van der Waals surface area contributed by atoms with Gasteiger partial charge in [-0.15, -0.1) is 0 Å². The first-order chi connectivity index (χ1) is 5.27. The minimum Gasteiger partial charge on any atom is -0.504 e. The molecule has 3 heteroatoms. The molecule has 0 aromatic rings. The largest absolute Gasteiger partial charge is 0.504 e. The molecule has 2 atom stereocenters. The molecule has 2 rings (SSSR count). The van der Waals surface area contributed by atoms with Crippen LogP contribution in [0.1, 0.15) is 0 Å². The van der Waals surface area contributed by atoms with Crippen LogP contribution in [0.2, 0.25) is 0 Å². The molecular weight excluding hydrogens is 142 g/mol. The Hall–Kier alpha value is -1.38. The van der Waals surface area contributed by atoms with Crippen LogP contribution >= 0.6 is 0 Å². The van der Waals surface area contributed by atoms with Gasteiger partial charge in [0.25, 0.3) is 0 Å². The van der Waals surface area contributed by atoms with E-state index < -0.39 is 0 Å². The van der Waals surface area contributed by atoms with E-state index >= 15 is 0 Å². The van der Waals surface area contributed by atoms with Crippen LogP contribution in [0.3, 0.4) is 0 Å². The summed E-state index contributed by atoms with van der Waals surface area (Å²) in [7, 11) is 0. The van der Waals surface area contributed by atoms with Crippen LogP contribution in [0.25, 0.3) is 0 Å². The van der Waals surface area contributed by atoms with Gasteiger partial charge >= 0.3 is 0 Å². The van der Waals surface area contributed by atoms with E-state index in [2.05, 4.69) is 5.32 Å². The van der Waals surface area contributed by atoms with E-state index in [0.717, 1.165) is 0 Å². The van der Waals surface area contributed by atoms with Gasteiger partial charge in [-0.3, -0.25) is 0 Å². The molecule has 0 radical (unpaired) electrons. The third-order valence-corrected chi connectivity index (χ3v) is 1.97. The Morgan fingerprint density at radius 1 is 1.18 bits per heavy atom. The average Bonchev–Trinajstić information content (AvgIpc) is 2.36. The number of rotatable bonds is 0. The summed E-state index contributed by atoms with van der Waals surface area (Å²) in [5.74, 6) is 0.118. The van der Waals surface area contributed by atoms with E-state index in [9.17, 15) is 0 Å². The van der Waals surface area contributed by atoms with Crippen molar-refractivity contribution in [2.45, 2.75) is 6.04 Å². The van der Waals surface area contributed by atoms with Crippen molar-refractivity contribution in [2.24, 2.45) is 5.92 Å². The van der Waals surface area contributed by atoms with Crippen LogP contribution in [0.4, 0.5) is 0 Å². The van der Waals surface area contributed by atoms with Crippen molar-refractivity contribution in [1.82, 2.24) is 5.32 Å². The van der Waals surface area contributed by atoms with E-state index in [1.165, 1.54) is 0 Å². The maximum absolute atomic E-state index is 9.11. The van der Waals surface area contributed by atoms with Crippen molar-refractivity contribution in [1.29, 1.82) is 0 Å². The monoisotopic (exact) mass is 151 g/mol. The van der Waals surface area contributed by atoms with E-state index in [0.29, 0.717) is 0 Å². The lowest BCUT2D eigenvalue weighted by Crippen LogP contribution is -2.26. The van der Waals surface area contributed by atoms with Crippen LogP contribution < -0.4 is 5.32 Å². The second kappa shape index (κ2) is 2.05. The predicted molar refractivity (Wildman–Crippen MR) is 41.0 cm³/mol. The lowest BCUT2D eigenvalue weighted by Gasteiger charge is -2.18. The summed E-state index contributed by atoms with van der Waals surface area (Å²) in [5, 5.41) is 21.2. The smallest absolute Gasteiger partial charge is 0.155 e. The van der Waals surface area contributed by atoms with Gasteiger partial charge in [0.15, 0.2) is 11.5 Å². The maximum Gasteiger partial charge on any atom is 0.155 e. The van der Waals surface area contributed by atoms with Crippen molar-refractivity contribution in [3.8, 4) is 0 Å². The van der Waals surface area contributed by atoms with Crippen LogP contribution in [0.5, 0.6) is 0 Å². The Bertz CT molecular complexity index is 265. The van der Waals surface area contributed by atoms with E-state index in [-0.39, 0.29) is 23.5 Å². The molecule has 0 saturated heterocycles. The first-order valence-corrected chi connectivity index (χ1v) is 3.52. The molecule has 0 amide bonds. The van der Waals surface area contributed by atoms with Crippen LogP contribution in [-0.4, -0.2) is 16.3 Å². The Labute approximate surface area is 64.4 Å². The average molecular weight is 151 g/mol. The molecule has 0 aromatic heterocycles. The Morgan fingerprint density at radius 3 is 2.73 bits per heavy atom. The van der Waals surface area contributed by atoms with Crippen molar-refractivity contribution < 1.29 is 10.2 Å². The topological polar surface area (TPSA) is 52.5 Å². The van der Waals surface area contributed by atoms with Crippen LogP contribution in [-0.2, 0) is 0 Å². The Balaban J connectivity index is 2.31. The number of aliphatic hydroxyl groups excluding tert-OH is 2. The van der Waals surface area contributed by atoms with Crippen LogP contribution in [0, 0.1) is 5.92 Å². The fraction of sp³-hybridized carbons (Fsp3) is 0.250. The van der Waals surface area contributed by atoms with Gasteiger partial charge in [0.1, 0.15) is 0 Å². The van der Waals surface area contributed by atoms with Gasteiger partial charge < -0.3 is 15.5 Å². The number of hydrogen-bond acceptors (Lipinski definition) is 3. The van der Waals surface area contributed by atoms with Crippen molar-refractivity contribution >= 4 is 0 Å². The molecule has 58 valence electrons. The molecule has 2 unspecified atom stereocenters. The van der Waals surface area contributed by atoms with E-state index in [1.807, 2.05) is 12.3 Å². The van der Waals surface area contributed by atoms with Gasteiger partial charge in [0.2, 0.25) is 0 Å². The van der Waals surface area contributed by atoms with Gasteiger partial charge in [0, 0.05) is 5.92 Å². The Kier molecular flexibility index (Phi) is 1.18. The molecule has 0 fully saturated rings. The van der Waals surface area contributed by atoms with Gasteiger partial charge in [-0.1, -0.05) is 6.08 Å². The summed E-state index contributed by atoms with van der Waals surface area (Å²) in [4.78, 5) is 0. The maximum atomic E-state index is 9.11. The molecule has 3 N–H and O–H groups in total. The highest BCUT2D eigenvalue weighted by Crippen LogP contribution is 2.23. The summed E-state index contributed by atoms with van der Waals surface area (Å²) in [6, 6.07) is 0.117. The molecule has 1 aliphatic heterocycles. The fourth-order valence-electron chi connectivity index (χ4n) is 1.35. The van der Waals surface area contributed by atoms with E-state index in [1.54, 1.807) is 12.2 Å². The first-order valence-electron chi connectivity index (χ1n) is 3.52. The first kappa shape index (κ1) is 6.34. The molecule has 0 aromatic carbocycles. The predicted octanol–water partition coefficient (Wildman–Crippen LogP) is 0.985. The lowest BCUT2D eigenvalue weighted by atomic mass is 9.96. The molecule has 2 aliphatic rings. The number of fused-ring (bicyclic) bond motifs is 1. The molecule has 0 bridgehead atoms. The summed E-state index contributed by atoms with van der Waals surface area (Å²) in [6.07, 6.45) is 7.02. The second-order valence-electron chi connectivity index (χ2n) is 2.73. The summed E-state index contributed by atoms with van der Waals surface area (Å²) in [5.41, 5.74) is 0. The molecule has 0 spiro atoms. The van der Waals surface area contributed by atoms with Crippen molar-refractivity contribution in [3.05, 3.63) is 35.9 Å². The highest BCUT2D eigenvalue weighted by atomic mass is 16.3. The van der Waals surface area contributed by atoms with Crippen molar-refractivity contribution in [2.75, 3.05) is 0 Å². The summed E-state index contributed by atoms with van der Waals surface area (Å²) >= 11 is 0. The zero-order chi connectivity index (χ0) is 7.84.